The molecule has 0 aromatic heterocycles. The number of rotatable bonds is 3. The minimum atomic E-state index is -0.751. The van der Waals surface area contributed by atoms with Crippen molar-refractivity contribution in [1.82, 2.24) is 10.2 Å². The van der Waals surface area contributed by atoms with Crippen molar-refractivity contribution in [3.05, 3.63) is 62.9 Å². The number of nitrogens with zero attached hydrogens (tertiary/aromatic N) is 1. The first kappa shape index (κ1) is 20.5. The summed E-state index contributed by atoms with van der Waals surface area (Å²) in [5.74, 6) is -0.404. The maximum absolute atomic E-state index is 14.8. The molecule has 2 N–H and O–H groups in total. The molecule has 1 amide bonds. The fraction of sp³-hybridized carbons (Fsp3) is 0.409. The predicted molar refractivity (Wildman–Crippen MR) is 116 cm³/mol. The lowest BCUT2D eigenvalue weighted by molar-refractivity contribution is 0.0737. The summed E-state index contributed by atoms with van der Waals surface area (Å²) in [7, 11) is 1.82. The van der Waals surface area contributed by atoms with Crippen LogP contribution in [0.1, 0.15) is 41.8 Å². The molecule has 2 heterocycles. The Morgan fingerprint density at radius 1 is 1.21 bits per heavy atom. The summed E-state index contributed by atoms with van der Waals surface area (Å²) < 4.78 is 14.8. The molecular formula is C22H24Cl2FN3O. The van der Waals surface area contributed by atoms with Crippen LogP contribution in [0.15, 0.2) is 30.3 Å². The predicted octanol–water partition coefficient (Wildman–Crippen LogP) is 4.80. The van der Waals surface area contributed by atoms with Crippen molar-refractivity contribution in [1.29, 1.82) is 0 Å². The zero-order valence-corrected chi connectivity index (χ0v) is 18.2. The monoisotopic (exact) mass is 435 g/mol. The molecule has 2 aliphatic heterocycles. The van der Waals surface area contributed by atoms with Gasteiger partial charge in [0.25, 0.3) is 5.91 Å². The molecule has 0 aliphatic carbocycles. The fourth-order valence-corrected chi connectivity index (χ4v) is 5.15. The number of halogens is 3. The molecule has 154 valence electrons. The third-order valence-electron chi connectivity index (χ3n) is 6.02. The number of likely N-dealkylation sites (N-methyl/N-ethyl adjacent to an activating group) is 1. The third kappa shape index (κ3) is 3.39. The molecular weight excluding hydrogens is 412 g/mol. The van der Waals surface area contributed by atoms with Gasteiger partial charge in [-0.05, 0) is 42.8 Å². The molecule has 0 saturated carbocycles. The lowest BCUT2D eigenvalue weighted by Crippen LogP contribution is -2.44. The number of benzene rings is 2. The average molecular weight is 436 g/mol. The van der Waals surface area contributed by atoms with Crippen LogP contribution < -0.4 is 10.6 Å². The Morgan fingerprint density at radius 3 is 2.66 bits per heavy atom. The first-order chi connectivity index (χ1) is 13.6. The minimum absolute atomic E-state index is 0.00598. The van der Waals surface area contributed by atoms with Gasteiger partial charge in [0.05, 0.1) is 15.6 Å². The second-order valence-corrected chi connectivity index (χ2v) is 9.44. The van der Waals surface area contributed by atoms with E-state index in [2.05, 4.69) is 24.5 Å². The van der Waals surface area contributed by atoms with E-state index in [1.807, 2.05) is 25.2 Å². The van der Waals surface area contributed by atoms with Crippen molar-refractivity contribution in [3.63, 3.8) is 0 Å². The molecule has 0 bridgehead atoms. The number of carbonyl (C=O) groups is 1. The smallest absolute Gasteiger partial charge is 0.254 e. The summed E-state index contributed by atoms with van der Waals surface area (Å²) in [5, 5.41) is 7.31. The zero-order valence-electron chi connectivity index (χ0n) is 16.7. The highest BCUT2D eigenvalue weighted by atomic mass is 35.5. The first-order valence-corrected chi connectivity index (χ1v) is 10.4. The van der Waals surface area contributed by atoms with E-state index in [-0.39, 0.29) is 16.3 Å². The van der Waals surface area contributed by atoms with Gasteiger partial charge in [-0.3, -0.25) is 4.79 Å². The fourth-order valence-electron chi connectivity index (χ4n) is 4.66. The Kier molecular flexibility index (Phi) is 5.04. The number of nitrogens with one attached hydrogen (secondary N) is 2. The Bertz CT molecular complexity index is 986. The molecule has 2 aliphatic rings. The van der Waals surface area contributed by atoms with Crippen LogP contribution in [0.5, 0.6) is 0 Å². The summed E-state index contributed by atoms with van der Waals surface area (Å²) in [4.78, 5) is 14.5. The van der Waals surface area contributed by atoms with Crippen LogP contribution in [0.4, 0.5) is 10.1 Å². The van der Waals surface area contributed by atoms with Gasteiger partial charge in [-0.15, -0.1) is 0 Å². The minimum Gasteiger partial charge on any atom is -0.374 e. The SMILES string of the molecule is CN1CC(C)(C)c2ccc(N[C@]3(c4c(F)ccc(Cl)c4Cl)CCNC3)cc2C1=O. The van der Waals surface area contributed by atoms with Crippen molar-refractivity contribution in [2.24, 2.45) is 0 Å². The maximum Gasteiger partial charge on any atom is 0.254 e. The van der Waals surface area contributed by atoms with Crippen LogP contribution in [0, 0.1) is 5.82 Å². The van der Waals surface area contributed by atoms with E-state index < -0.39 is 11.4 Å². The van der Waals surface area contributed by atoms with E-state index in [0.29, 0.717) is 35.7 Å². The highest BCUT2D eigenvalue weighted by Crippen LogP contribution is 2.42. The normalized spacial score (nSPS) is 23.2. The Balaban J connectivity index is 1.79. The van der Waals surface area contributed by atoms with Crippen LogP contribution in [0.2, 0.25) is 10.0 Å². The van der Waals surface area contributed by atoms with Crippen molar-refractivity contribution in [3.8, 4) is 0 Å². The Labute approximate surface area is 180 Å². The maximum atomic E-state index is 14.8. The van der Waals surface area contributed by atoms with E-state index >= 15 is 0 Å². The highest BCUT2D eigenvalue weighted by molar-refractivity contribution is 6.42. The van der Waals surface area contributed by atoms with E-state index in [4.69, 9.17) is 23.2 Å². The zero-order chi connectivity index (χ0) is 21.0. The number of fused-ring (bicyclic) bond motifs is 1. The van der Waals surface area contributed by atoms with Crippen LogP contribution in [-0.2, 0) is 11.0 Å². The third-order valence-corrected chi connectivity index (χ3v) is 6.82. The molecule has 1 atom stereocenters. The van der Waals surface area contributed by atoms with Gasteiger partial charge in [0, 0.05) is 42.4 Å². The molecule has 2 aromatic rings. The van der Waals surface area contributed by atoms with Gasteiger partial charge in [-0.25, -0.2) is 4.39 Å². The summed E-state index contributed by atoms with van der Waals surface area (Å²) in [6.07, 6.45) is 0.639. The molecule has 2 aromatic carbocycles. The van der Waals surface area contributed by atoms with Crippen molar-refractivity contribution in [2.45, 2.75) is 31.2 Å². The first-order valence-electron chi connectivity index (χ1n) is 9.67. The second kappa shape index (κ2) is 7.15. The number of carbonyl (C=O) groups excluding carboxylic acids is 1. The van der Waals surface area contributed by atoms with Crippen LogP contribution in [0.3, 0.4) is 0 Å². The second-order valence-electron chi connectivity index (χ2n) is 8.66. The molecule has 0 radical (unpaired) electrons. The molecule has 0 spiro atoms. The van der Waals surface area contributed by atoms with Crippen molar-refractivity contribution >= 4 is 34.8 Å². The summed E-state index contributed by atoms with van der Waals surface area (Å²) in [6, 6.07) is 8.63. The molecule has 4 nitrogen and oxygen atoms in total. The summed E-state index contributed by atoms with van der Waals surface area (Å²) >= 11 is 12.6. The van der Waals surface area contributed by atoms with E-state index in [9.17, 15) is 9.18 Å². The van der Waals surface area contributed by atoms with Gasteiger partial charge in [-0.1, -0.05) is 43.1 Å². The highest BCUT2D eigenvalue weighted by Gasteiger charge is 2.41. The van der Waals surface area contributed by atoms with Crippen LogP contribution >= 0.6 is 23.2 Å². The van der Waals surface area contributed by atoms with Gasteiger partial charge < -0.3 is 15.5 Å². The summed E-state index contributed by atoms with van der Waals surface area (Å²) in [6.45, 7) is 6.15. The van der Waals surface area contributed by atoms with Crippen molar-refractivity contribution in [2.75, 3.05) is 32.0 Å². The van der Waals surface area contributed by atoms with Crippen LogP contribution in [-0.4, -0.2) is 37.5 Å². The Morgan fingerprint density at radius 2 is 1.97 bits per heavy atom. The Hall–Kier alpha value is -1.82. The quantitative estimate of drug-likeness (QED) is 0.680. The van der Waals surface area contributed by atoms with Gasteiger partial charge in [0.2, 0.25) is 0 Å². The molecule has 0 unspecified atom stereocenters. The standard InChI is InChI=1S/C22H24Cl2FN3O/c1-21(2)12-28(3)20(29)14-10-13(4-5-15(14)21)27-22(8-9-26-11-22)18-17(25)7-6-16(23)19(18)24/h4-7,10,26-27H,8-9,11-12H2,1-3H3/t22-/m1/s1. The van der Waals surface area contributed by atoms with E-state index in [1.165, 1.54) is 12.1 Å². The van der Waals surface area contributed by atoms with Crippen LogP contribution in [0.25, 0.3) is 0 Å². The number of amides is 1. The van der Waals surface area contributed by atoms with E-state index in [1.54, 1.807) is 4.90 Å². The topological polar surface area (TPSA) is 44.4 Å². The molecule has 1 saturated heterocycles. The van der Waals surface area contributed by atoms with Crippen molar-refractivity contribution < 1.29 is 9.18 Å². The number of hydrogen-bond acceptors (Lipinski definition) is 3. The lowest BCUT2D eigenvalue weighted by atomic mass is 9.78. The lowest BCUT2D eigenvalue weighted by Gasteiger charge is -2.38. The number of hydrogen-bond donors (Lipinski definition) is 2. The molecule has 29 heavy (non-hydrogen) atoms. The van der Waals surface area contributed by atoms with E-state index in [0.717, 1.165) is 17.8 Å². The average Bonchev–Trinajstić information content (AvgIpc) is 3.12. The molecule has 7 heteroatoms. The summed E-state index contributed by atoms with van der Waals surface area (Å²) in [5.41, 5.74) is 1.93. The molecule has 4 rings (SSSR count). The van der Waals surface area contributed by atoms with Gasteiger partial charge in [-0.2, -0.15) is 0 Å². The van der Waals surface area contributed by atoms with Gasteiger partial charge >= 0.3 is 0 Å². The molecule has 1 fully saturated rings. The van der Waals surface area contributed by atoms with Gasteiger partial charge in [0.15, 0.2) is 0 Å². The largest absolute Gasteiger partial charge is 0.374 e. The number of anilines is 1. The van der Waals surface area contributed by atoms with Gasteiger partial charge in [0.1, 0.15) is 5.82 Å².